The number of hydrogen-bond acceptors (Lipinski definition) is 5. The van der Waals surface area contributed by atoms with Crippen LogP contribution in [0.15, 0.2) is 24.3 Å². The Morgan fingerprint density at radius 2 is 1.93 bits per heavy atom. The van der Waals surface area contributed by atoms with Gasteiger partial charge < -0.3 is 19.9 Å². The minimum Gasteiger partial charge on any atom is -0.462 e. The van der Waals surface area contributed by atoms with E-state index < -0.39 is 11.9 Å². The van der Waals surface area contributed by atoms with Crippen LogP contribution in [0.3, 0.4) is 0 Å². The minimum absolute atomic E-state index is 0.181. The minimum atomic E-state index is -0.506. The number of rotatable bonds is 7. The third-order valence-electron chi connectivity index (χ3n) is 4.74. The molecule has 3 rings (SSSR count). The van der Waals surface area contributed by atoms with E-state index in [4.69, 9.17) is 4.74 Å². The number of carbonyl (C=O) groups is 3. The summed E-state index contributed by atoms with van der Waals surface area (Å²) in [5, 5.41) is 5.59. The van der Waals surface area contributed by atoms with Crippen molar-refractivity contribution >= 4 is 23.5 Å². The molecule has 0 spiro atoms. The van der Waals surface area contributed by atoms with Crippen molar-refractivity contribution in [3.63, 3.8) is 0 Å². The van der Waals surface area contributed by atoms with Crippen LogP contribution in [-0.4, -0.2) is 40.5 Å². The standard InChI is InChI=1S/C21H26N4O4/c1-3-12-22-19(26)17-16-11-7-8-13-25(16)18(24-17)20(27)23-15-10-6-5-9-14(15)21(28)29-4-2/h5-6,9-10H,3-4,7-8,11-13H2,1-2H3,(H,22,26)(H,23,27). The summed E-state index contributed by atoms with van der Waals surface area (Å²) < 4.78 is 6.87. The molecule has 1 aliphatic rings. The van der Waals surface area contributed by atoms with Crippen molar-refractivity contribution in [2.75, 3.05) is 18.5 Å². The smallest absolute Gasteiger partial charge is 0.340 e. The van der Waals surface area contributed by atoms with Crippen molar-refractivity contribution in [2.24, 2.45) is 0 Å². The lowest BCUT2D eigenvalue weighted by molar-refractivity contribution is 0.0527. The largest absolute Gasteiger partial charge is 0.462 e. The zero-order valence-corrected chi connectivity index (χ0v) is 16.8. The van der Waals surface area contributed by atoms with Gasteiger partial charge in [-0.05, 0) is 44.7 Å². The van der Waals surface area contributed by atoms with Crippen molar-refractivity contribution in [3.05, 3.63) is 47.0 Å². The third-order valence-corrected chi connectivity index (χ3v) is 4.74. The quantitative estimate of drug-likeness (QED) is 0.698. The molecule has 154 valence electrons. The Kier molecular flexibility index (Phi) is 6.64. The Hall–Kier alpha value is -3.16. The van der Waals surface area contributed by atoms with Crippen LogP contribution in [0.5, 0.6) is 0 Å². The van der Waals surface area contributed by atoms with Crippen molar-refractivity contribution in [1.29, 1.82) is 0 Å². The van der Waals surface area contributed by atoms with Gasteiger partial charge in [0.15, 0.2) is 5.82 Å². The number of anilines is 1. The van der Waals surface area contributed by atoms with Crippen LogP contribution in [0.1, 0.15) is 70.3 Å². The van der Waals surface area contributed by atoms with E-state index in [1.165, 1.54) is 0 Å². The summed E-state index contributed by atoms with van der Waals surface area (Å²) in [7, 11) is 0. The fraction of sp³-hybridized carbons (Fsp3) is 0.429. The predicted octanol–water partition coefficient (Wildman–Crippen LogP) is 2.79. The number of benzene rings is 1. The summed E-state index contributed by atoms with van der Waals surface area (Å²) in [6.45, 7) is 5.13. The van der Waals surface area contributed by atoms with Gasteiger partial charge >= 0.3 is 5.97 Å². The van der Waals surface area contributed by atoms with Gasteiger partial charge in [0.25, 0.3) is 11.8 Å². The van der Waals surface area contributed by atoms with E-state index in [-0.39, 0.29) is 23.9 Å². The van der Waals surface area contributed by atoms with Gasteiger partial charge in [0.2, 0.25) is 0 Å². The Bertz CT molecular complexity index is 919. The molecule has 8 heteroatoms. The lowest BCUT2D eigenvalue weighted by atomic mass is 10.1. The number of esters is 1. The van der Waals surface area contributed by atoms with Gasteiger partial charge in [-0.25, -0.2) is 9.78 Å². The SMILES string of the molecule is CCCNC(=O)c1nc(C(=O)Nc2ccccc2C(=O)OCC)n2c1CCCC2. The van der Waals surface area contributed by atoms with Crippen LogP contribution in [0.4, 0.5) is 5.69 Å². The fourth-order valence-electron chi connectivity index (χ4n) is 3.38. The van der Waals surface area contributed by atoms with Crippen LogP contribution < -0.4 is 10.6 Å². The highest BCUT2D eigenvalue weighted by atomic mass is 16.5. The van der Waals surface area contributed by atoms with E-state index in [1.807, 2.05) is 11.5 Å². The lowest BCUT2D eigenvalue weighted by Gasteiger charge is -2.17. The highest BCUT2D eigenvalue weighted by Crippen LogP contribution is 2.23. The molecule has 2 aromatic rings. The van der Waals surface area contributed by atoms with E-state index in [0.717, 1.165) is 25.0 Å². The molecule has 0 bridgehead atoms. The summed E-state index contributed by atoms with van der Waals surface area (Å²) in [5.74, 6) is -1.05. The first-order chi connectivity index (χ1) is 14.1. The average molecular weight is 398 g/mol. The van der Waals surface area contributed by atoms with Crippen molar-refractivity contribution in [2.45, 2.75) is 46.1 Å². The number of para-hydroxylation sites is 1. The zero-order valence-electron chi connectivity index (χ0n) is 16.8. The first kappa shape index (κ1) is 20.6. The van der Waals surface area contributed by atoms with Crippen LogP contribution in [-0.2, 0) is 17.7 Å². The zero-order chi connectivity index (χ0) is 20.8. The number of carbonyl (C=O) groups excluding carboxylic acids is 3. The van der Waals surface area contributed by atoms with E-state index in [1.54, 1.807) is 31.2 Å². The highest BCUT2D eigenvalue weighted by Gasteiger charge is 2.28. The predicted molar refractivity (Wildman–Crippen MR) is 108 cm³/mol. The maximum Gasteiger partial charge on any atom is 0.340 e. The molecule has 2 amide bonds. The second-order valence-corrected chi connectivity index (χ2v) is 6.82. The van der Waals surface area contributed by atoms with Gasteiger partial charge in [0.05, 0.1) is 23.6 Å². The molecule has 2 heterocycles. The van der Waals surface area contributed by atoms with Gasteiger partial charge in [-0.3, -0.25) is 9.59 Å². The highest BCUT2D eigenvalue weighted by molar-refractivity contribution is 6.07. The number of aromatic nitrogens is 2. The summed E-state index contributed by atoms with van der Waals surface area (Å²) >= 11 is 0. The molecule has 2 N–H and O–H groups in total. The number of ether oxygens (including phenoxy) is 1. The maximum absolute atomic E-state index is 13.0. The molecule has 1 aromatic carbocycles. The van der Waals surface area contributed by atoms with Gasteiger partial charge in [-0.2, -0.15) is 0 Å². The summed E-state index contributed by atoms with van der Waals surface area (Å²) in [5.41, 5.74) is 1.71. The molecule has 0 saturated heterocycles. The first-order valence-corrected chi connectivity index (χ1v) is 10.0. The number of nitrogens with one attached hydrogen (secondary N) is 2. The van der Waals surface area contributed by atoms with Crippen molar-refractivity contribution < 1.29 is 19.1 Å². The van der Waals surface area contributed by atoms with Crippen molar-refractivity contribution in [3.8, 4) is 0 Å². The summed E-state index contributed by atoms with van der Waals surface area (Å²) in [6, 6.07) is 6.66. The molecule has 8 nitrogen and oxygen atoms in total. The second kappa shape index (κ2) is 9.36. The van der Waals surface area contributed by atoms with E-state index in [0.29, 0.717) is 30.9 Å². The average Bonchev–Trinajstić information content (AvgIpc) is 3.12. The Morgan fingerprint density at radius 1 is 1.14 bits per heavy atom. The lowest BCUT2D eigenvalue weighted by Crippen LogP contribution is -2.26. The molecule has 29 heavy (non-hydrogen) atoms. The molecule has 0 saturated carbocycles. The Morgan fingerprint density at radius 3 is 2.69 bits per heavy atom. The number of amides is 2. The summed E-state index contributed by atoms with van der Waals surface area (Å²) in [4.78, 5) is 42.0. The molecule has 0 radical (unpaired) electrons. The van der Waals surface area contributed by atoms with E-state index in [2.05, 4.69) is 15.6 Å². The van der Waals surface area contributed by atoms with Gasteiger partial charge in [0.1, 0.15) is 5.69 Å². The molecular formula is C21H26N4O4. The second-order valence-electron chi connectivity index (χ2n) is 6.82. The summed E-state index contributed by atoms with van der Waals surface area (Å²) in [6.07, 6.45) is 3.39. The third kappa shape index (κ3) is 4.47. The first-order valence-electron chi connectivity index (χ1n) is 10.0. The van der Waals surface area contributed by atoms with Crippen molar-refractivity contribution in [1.82, 2.24) is 14.9 Å². The van der Waals surface area contributed by atoms with Gasteiger partial charge in [-0.1, -0.05) is 19.1 Å². The monoisotopic (exact) mass is 398 g/mol. The normalized spacial score (nSPS) is 12.8. The molecule has 0 atom stereocenters. The molecular weight excluding hydrogens is 372 g/mol. The Labute approximate surface area is 169 Å². The number of hydrogen-bond donors (Lipinski definition) is 2. The van der Waals surface area contributed by atoms with Gasteiger partial charge in [-0.15, -0.1) is 0 Å². The molecule has 1 aliphatic heterocycles. The molecule has 0 unspecified atom stereocenters. The Balaban J connectivity index is 1.90. The maximum atomic E-state index is 13.0. The van der Waals surface area contributed by atoms with Crippen LogP contribution >= 0.6 is 0 Å². The van der Waals surface area contributed by atoms with E-state index >= 15 is 0 Å². The number of fused-ring (bicyclic) bond motifs is 1. The topological polar surface area (TPSA) is 102 Å². The fourth-order valence-corrected chi connectivity index (χ4v) is 3.38. The molecule has 1 aromatic heterocycles. The van der Waals surface area contributed by atoms with Gasteiger partial charge in [0, 0.05) is 13.1 Å². The van der Waals surface area contributed by atoms with E-state index in [9.17, 15) is 14.4 Å². The van der Waals surface area contributed by atoms with Crippen LogP contribution in [0.25, 0.3) is 0 Å². The van der Waals surface area contributed by atoms with Crippen LogP contribution in [0, 0.1) is 0 Å². The number of imidazole rings is 1. The number of nitrogens with zero attached hydrogens (tertiary/aromatic N) is 2. The molecule has 0 fully saturated rings. The van der Waals surface area contributed by atoms with Crippen LogP contribution in [0.2, 0.25) is 0 Å². The molecule has 0 aliphatic carbocycles.